The molecule has 3 saturated heterocycles. The van der Waals surface area contributed by atoms with E-state index in [1.807, 2.05) is 11.0 Å². The second-order valence-electron chi connectivity index (χ2n) is 7.94. The third-order valence-electron chi connectivity index (χ3n) is 5.91. The lowest BCUT2D eigenvalue weighted by molar-refractivity contribution is -0.144. The van der Waals surface area contributed by atoms with Crippen molar-refractivity contribution in [2.45, 2.75) is 51.5 Å². The minimum Gasteiger partial charge on any atom is -0.339 e. The quantitative estimate of drug-likeness (QED) is 0.902. The van der Waals surface area contributed by atoms with Gasteiger partial charge in [0, 0.05) is 37.8 Å². The summed E-state index contributed by atoms with van der Waals surface area (Å²) in [5.74, 6) is 1.52. The third-order valence-corrected chi connectivity index (χ3v) is 5.91. The first-order valence-electron chi connectivity index (χ1n) is 9.17. The molecule has 3 atom stereocenters. The second-order valence-corrected chi connectivity index (χ2v) is 7.94. The van der Waals surface area contributed by atoms with Gasteiger partial charge in [0.15, 0.2) is 0 Å². The Balaban J connectivity index is 1.50. The highest BCUT2D eigenvalue weighted by Gasteiger charge is 2.45. The van der Waals surface area contributed by atoms with Gasteiger partial charge in [-0.1, -0.05) is 13.8 Å². The van der Waals surface area contributed by atoms with Crippen LogP contribution in [0.1, 0.15) is 61.6 Å². The van der Waals surface area contributed by atoms with Crippen LogP contribution >= 0.6 is 0 Å². The minimum atomic E-state index is 0.0310. The molecule has 4 heterocycles. The lowest BCUT2D eigenvalue weighted by atomic mass is 9.76. The Kier molecular flexibility index (Phi) is 3.85. The standard InChI is InChI=1S/C18H26N4O2/c1-11(2)14-7-15(20-19-14)18(24)21-8-12-6-13(10-21)16-4-3-5-17(23)22(16)9-12/h7,11-13,16H,3-6,8-10H2,1-2H3,(H,19,20)/t12-,13-,16+/m1/s1. The Labute approximate surface area is 142 Å². The second kappa shape index (κ2) is 5.90. The van der Waals surface area contributed by atoms with Crippen LogP contribution in [0.4, 0.5) is 0 Å². The summed E-state index contributed by atoms with van der Waals surface area (Å²) in [6, 6.07) is 2.22. The molecule has 1 aromatic heterocycles. The van der Waals surface area contributed by atoms with Gasteiger partial charge in [-0.05, 0) is 43.1 Å². The zero-order chi connectivity index (χ0) is 16.8. The molecule has 6 heteroatoms. The molecule has 0 aliphatic carbocycles. The van der Waals surface area contributed by atoms with Crippen LogP contribution < -0.4 is 0 Å². The maximum Gasteiger partial charge on any atom is 0.274 e. The van der Waals surface area contributed by atoms with Crippen molar-refractivity contribution in [2.24, 2.45) is 11.8 Å². The number of likely N-dealkylation sites (tertiary alicyclic amines) is 1. The predicted octanol–water partition coefficient (Wildman–Crippen LogP) is 2.01. The number of amides is 2. The zero-order valence-corrected chi connectivity index (χ0v) is 14.5. The highest BCUT2D eigenvalue weighted by Crippen LogP contribution is 2.38. The number of hydrogen-bond donors (Lipinski definition) is 1. The molecule has 3 fully saturated rings. The van der Waals surface area contributed by atoms with Crippen molar-refractivity contribution in [1.29, 1.82) is 0 Å². The molecule has 4 rings (SSSR count). The molecular formula is C18H26N4O2. The van der Waals surface area contributed by atoms with Crippen molar-refractivity contribution in [1.82, 2.24) is 20.0 Å². The summed E-state index contributed by atoms with van der Waals surface area (Å²) in [6.07, 6.45) is 3.93. The van der Waals surface area contributed by atoms with Gasteiger partial charge in [-0.3, -0.25) is 14.7 Å². The Hall–Kier alpha value is -1.85. The Morgan fingerprint density at radius 3 is 2.92 bits per heavy atom. The van der Waals surface area contributed by atoms with Crippen molar-refractivity contribution in [2.75, 3.05) is 19.6 Å². The number of nitrogens with zero attached hydrogens (tertiary/aromatic N) is 3. The topological polar surface area (TPSA) is 69.3 Å². The number of hydrogen-bond acceptors (Lipinski definition) is 3. The van der Waals surface area contributed by atoms with Crippen LogP contribution in [-0.4, -0.2) is 57.5 Å². The summed E-state index contributed by atoms with van der Waals surface area (Å²) in [4.78, 5) is 29.1. The van der Waals surface area contributed by atoms with Crippen LogP contribution in [0.15, 0.2) is 6.07 Å². The van der Waals surface area contributed by atoms with E-state index in [1.165, 1.54) is 0 Å². The third kappa shape index (κ3) is 2.62. The van der Waals surface area contributed by atoms with Gasteiger partial charge in [-0.2, -0.15) is 5.10 Å². The summed E-state index contributed by atoms with van der Waals surface area (Å²) < 4.78 is 0. The fourth-order valence-electron chi connectivity index (χ4n) is 4.68. The van der Waals surface area contributed by atoms with Crippen LogP contribution in [0.5, 0.6) is 0 Å². The largest absolute Gasteiger partial charge is 0.339 e. The summed E-state index contributed by atoms with van der Waals surface area (Å²) in [5, 5.41) is 7.20. The van der Waals surface area contributed by atoms with Crippen LogP contribution in [0.3, 0.4) is 0 Å². The molecule has 6 nitrogen and oxygen atoms in total. The number of nitrogens with one attached hydrogen (secondary N) is 1. The first-order valence-corrected chi connectivity index (χ1v) is 9.17. The minimum absolute atomic E-state index is 0.0310. The van der Waals surface area contributed by atoms with E-state index in [0.29, 0.717) is 41.8 Å². The van der Waals surface area contributed by atoms with Crippen molar-refractivity contribution < 1.29 is 9.59 Å². The van der Waals surface area contributed by atoms with Crippen molar-refractivity contribution in [3.05, 3.63) is 17.5 Å². The van der Waals surface area contributed by atoms with Gasteiger partial charge in [-0.25, -0.2) is 0 Å². The monoisotopic (exact) mass is 330 g/mol. The number of fused-ring (bicyclic) bond motifs is 4. The maximum absolute atomic E-state index is 12.9. The Morgan fingerprint density at radius 2 is 2.17 bits per heavy atom. The van der Waals surface area contributed by atoms with Crippen molar-refractivity contribution >= 4 is 11.8 Å². The van der Waals surface area contributed by atoms with Gasteiger partial charge in [-0.15, -0.1) is 0 Å². The zero-order valence-electron chi connectivity index (χ0n) is 14.5. The van der Waals surface area contributed by atoms with Crippen LogP contribution in [0, 0.1) is 11.8 Å². The van der Waals surface area contributed by atoms with Gasteiger partial charge in [0.25, 0.3) is 5.91 Å². The average Bonchev–Trinajstić information content (AvgIpc) is 3.05. The van der Waals surface area contributed by atoms with Gasteiger partial charge in [0.1, 0.15) is 5.69 Å². The molecule has 3 aliphatic rings. The summed E-state index contributed by atoms with van der Waals surface area (Å²) >= 11 is 0. The van der Waals surface area contributed by atoms with E-state index in [1.54, 1.807) is 0 Å². The number of aromatic amines is 1. The lowest BCUT2D eigenvalue weighted by Gasteiger charge is -2.52. The summed E-state index contributed by atoms with van der Waals surface area (Å²) in [7, 11) is 0. The average molecular weight is 330 g/mol. The van der Waals surface area contributed by atoms with E-state index < -0.39 is 0 Å². The molecule has 2 bridgehead atoms. The fourth-order valence-corrected chi connectivity index (χ4v) is 4.68. The number of piperidine rings is 3. The van der Waals surface area contributed by atoms with Crippen LogP contribution in [0.25, 0.3) is 0 Å². The first kappa shape index (κ1) is 15.7. The van der Waals surface area contributed by atoms with E-state index in [-0.39, 0.29) is 5.91 Å². The normalized spacial score (nSPS) is 29.8. The highest BCUT2D eigenvalue weighted by atomic mass is 16.2. The van der Waals surface area contributed by atoms with Gasteiger partial charge < -0.3 is 9.80 Å². The lowest BCUT2D eigenvalue weighted by Crippen LogP contribution is -2.61. The van der Waals surface area contributed by atoms with Gasteiger partial charge >= 0.3 is 0 Å². The first-order chi connectivity index (χ1) is 11.5. The molecule has 0 unspecified atom stereocenters. The molecule has 1 aromatic rings. The molecule has 0 radical (unpaired) electrons. The van der Waals surface area contributed by atoms with Crippen molar-refractivity contribution in [3.8, 4) is 0 Å². The molecule has 0 aromatic carbocycles. The van der Waals surface area contributed by atoms with E-state index in [4.69, 9.17) is 0 Å². The molecular weight excluding hydrogens is 304 g/mol. The number of aromatic nitrogens is 2. The molecule has 3 aliphatic heterocycles. The molecule has 130 valence electrons. The number of carbonyl (C=O) groups is 2. The van der Waals surface area contributed by atoms with E-state index >= 15 is 0 Å². The van der Waals surface area contributed by atoms with E-state index in [2.05, 4.69) is 28.9 Å². The molecule has 24 heavy (non-hydrogen) atoms. The number of rotatable bonds is 2. The summed E-state index contributed by atoms with van der Waals surface area (Å²) in [5.41, 5.74) is 1.52. The number of carbonyl (C=O) groups excluding carboxylic acids is 2. The van der Waals surface area contributed by atoms with Gasteiger partial charge in [0.05, 0.1) is 0 Å². The van der Waals surface area contributed by atoms with Crippen molar-refractivity contribution in [3.63, 3.8) is 0 Å². The van der Waals surface area contributed by atoms with Gasteiger partial charge in [0.2, 0.25) is 5.91 Å². The molecule has 0 spiro atoms. The van der Waals surface area contributed by atoms with E-state index in [9.17, 15) is 9.59 Å². The SMILES string of the molecule is CC(C)c1cc(C(=O)N2C[C@H]3C[C@H](C2)[C@@H]2CCCC(=O)N2C3)n[nH]1. The summed E-state index contributed by atoms with van der Waals surface area (Å²) in [6.45, 7) is 6.49. The predicted molar refractivity (Wildman–Crippen MR) is 89.5 cm³/mol. The van der Waals surface area contributed by atoms with Crippen LogP contribution in [0.2, 0.25) is 0 Å². The highest BCUT2D eigenvalue weighted by molar-refractivity contribution is 5.92. The molecule has 1 N–H and O–H groups in total. The van der Waals surface area contributed by atoms with E-state index in [0.717, 1.165) is 44.6 Å². The Morgan fingerprint density at radius 1 is 1.33 bits per heavy atom. The molecule has 2 amide bonds. The number of H-pyrrole nitrogens is 1. The van der Waals surface area contributed by atoms with Crippen LogP contribution in [-0.2, 0) is 4.79 Å². The maximum atomic E-state index is 12.9. The smallest absolute Gasteiger partial charge is 0.274 e. The molecule has 0 saturated carbocycles. The fraction of sp³-hybridized carbons (Fsp3) is 0.722. The Bertz CT molecular complexity index is 653.